The van der Waals surface area contributed by atoms with Gasteiger partial charge in [-0.3, -0.25) is 4.79 Å². The Morgan fingerprint density at radius 2 is 2.41 bits per heavy atom. The molecule has 1 atom stereocenters. The normalized spacial score (nSPS) is 19.1. The summed E-state index contributed by atoms with van der Waals surface area (Å²) in [6.07, 6.45) is 1.33. The van der Waals surface area contributed by atoms with E-state index in [2.05, 4.69) is 5.32 Å². The first-order chi connectivity index (χ1) is 8.20. The topological polar surface area (TPSA) is 47.6 Å². The molecule has 1 saturated heterocycles. The number of amides is 1. The molecule has 1 heterocycles. The molecule has 2 rings (SSSR count). The van der Waals surface area contributed by atoms with E-state index in [-0.39, 0.29) is 12.0 Å². The monoisotopic (exact) mass is 255 g/mol. The van der Waals surface area contributed by atoms with Crippen molar-refractivity contribution in [2.45, 2.75) is 18.9 Å². The summed E-state index contributed by atoms with van der Waals surface area (Å²) in [6.45, 7) is 0.647. The zero-order valence-electron chi connectivity index (χ0n) is 9.53. The van der Waals surface area contributed by atoms with Crippen molar-refractivity contribution in [3.05, 3.63) is 23.2 Å². The number of halogens is 1. The van der Waals surface area contributed by atoms with Crippen molar-refractivity contribution in [2.75, 3.05) is 19.0 Å². The van der Waals surface area contributed by atoms with Crippen LogP contribution in [0.5, 0.6) is 5.75 Å². The highest BCUT2D eigenvalue weighted by Crippen LogP contribution is 2.27. The van der Waals surface area contributed by atoms with Crippen molar-refractivity contribution in [3.63, 3.8) is 0 Å². The molecule has 4 nitrogen and oxygen atoms in total. The number of carbonyl (C=O) groups excluding carboxylic acids is 1. The second kappa shape index (κ2) is 5.38. The molecule has 0 aliphatic carbocycles. The minimum atomic E-state index is -0.354. The van der Waals surface area contributed by atoms with Gasteiger partial charge >= 0.3 is 0 Å². The van der Waals surface area contributed by atoms with Gasteiger partial charge < -0.3 is 14.8 Å². The van der Waals surface area contributed by atoms with Gasteiger partial charge in [0.1, 0.15) is 11.9 Å². The first-order valence-corrected chi connectivity index (χ1v) is 5.84. The van der Waals surface area contributed by atoms with Crippen LogP contribution in [0.15, 0.2) is 18.2 Å². The summed E-state index contributed by atoms with van der Waals surface area (Å²) in [5, 5.41) is 3.21. The van der Waals surface area contributed by atoms with Gasteiger partial charge in [-0.05, 0) is 25.0 Å². The molecule has 1 aromatic rings. The fourth-order valence-electron chi connectivity index (χ4n) is 1.72. The van der Waals surface area contributed by atoms with Gasteiger partial charge in [0.15, 0.2) is 0 Å². The predicted molar refractivity (Wildman–Crippen MR) is 65.6 cm³/mol. The maximum atomic E-state index is 11.8. The lowest BCUT2D eigenvalue weighted by Crippen LogP contribution is -2.26. The van der Waals surface area contributed by atoms with E-state index in [1.54, 1.807) is 25.3 Å². The molecule has 0 aromatic heterocycles. The van der Waals surface area contributed by atoms with Crippen molar-refractivity contribution < 1.29 is 14.3 Å². The van der Waals surface area contributed by atoms with E-state index < -0.39 is 0 Å². The van der Waals surface area contributed by atoms with Gasteiger partial charge in [0.2, 0.25) is 0 Å². The Hall–Kier alpha value is -1.26. The summed E-state index contributed by atoms with van der Waals surface area (Å²) >= 11 is 6.02. The van der Waals surface area contributed by atoms with Crippen molar-refractivity contribution >= 4 is 23.2 Å². The molecule has 0 spiro atoms. The standard InChI is InChI=1S/C12H14ClNO3/c1-16-8-4-5-10(9(13)7-8)14-12(15)11-3-2-6-17-11/h4-5,7,11H,2-3,6H2,1H3,(H,14,15). The summed E-state index contributed by atoms with van der Waals surface area (Å²) in [5.41, 5.74) is 0.577. The molecular formula is C12H14ClNO3. The number of rotatable bonds is 3. The van der Waals surface area contributed by atoms with Gasteiger partial charge in [-0.25, -0.2) is 0 Å². The van der Waals surface area contributed by atoms with E-state index in [1.165, 1.54) is 0 Å². The van der Waals surface area contributed by atoms with Crippen LogP contribution >= 0.6 is 11.6 Å². The van der Waals surface area contributed by atoms with Crippen molar-refractivity contribution in [1.29, 1.82) is 0 Å². The van der Waals surface area contributed by atoms with E-state index in [4.69, 9.17) is 21.1 Å². The number of methoxy groups -OCH3 is 1. The van der Waals surface area contributed by atoms with Crippen molar-refractivity contribution in [1.82, 2.24) is 0 Å². The van der Waals surface area contributed by atoms with Crippen LogP contribution in [-0.2, 0) is 9.53 Å². The largest absolute Gasteiger partial charge is 0.497 e. The fraction of sp³-hybridized carbons (Fsp3) is 0.417. The molecule has 1 fully saturated rings. The van der Waals surface area contributed by atoms with E-state index in [1.807, 2.05) is 0 Å². The van der Waals surface area contributed by atoms with Crippen LogP contribution in [0, 0.1) is 0 Å². The average Bonchev–Trinajstić information content (AvgIpc) is 2.85. The number of ether oxygens (including phenoxy) is 2. The Morgan fingerprint density at radius 1 is 1.59 bits per heavy atom. The van der Waals surface area contributed by atoms with E-state index >= 15 is 0 Å². The lowest BCUT2D eigenvalue weighted by atomic mass is 10.2. The molecule has 1 amide bonds. The average molecular weight is 256 g/mol. The van der Waals surface area contributed by atoms with Gasteiger partial charge in [-0.15, -0.1) is 0 Å². The van der Waals surface area contributed by atoms with Crippen LogP contribution in [-0.4, -0.2) is 25.7 Å². The van der Waals surface area contributed by atoms with Gasteiger partial charge in [0.05, 0.1) is 17.8 Å². The highest BCUT2D eigenvalue weighted by atomic mass is 35.5. The zero-order chi connectivity index (χ0) is 12.3. The molecule has 1 aliphatic heterocycles. The quantitative estimate of drug-likeness (QED) is 0.903. The molecule has 17 heavy (non-hydrogen) atoms. The Kier molecular flexibility index (Phi) is 3.86. The third-order valence-corrected chi connectivity index (χ3v) is 2.97. The predicted octanol–water partition coefficient (Wildman–Crippen LogP) is 2.47. The smallest absolute Gasteiger partial charge is 0.253 e. The summed E-state index contributed by atoms with van der Waals surface area (Å²) < 4.78 is 10.3. The first kappa shape index (κ1) is 12.2. The lowest BCUT2D eigenvalue weighted by Gasteiger charge is -2.12. The van der Waals surface area contributed by atoms with Gasteiger partial charge in [-0.2, -0.15) is 0 Å². The number of hydrogen-bond donors (Lipinski definition) is 1. The number of nitrogens with one attached hydrogen (secondary N) is 1. The zero-order valence-corrected chi connectivity index (χ0v) is 10.3. The molecule has 92 valence electrons. The van der Waals surface area contributed by atoms with Crippen LogP contribution in [0.1, 0.15) is 12.8 Å². The minimum Gasteiger partial charge on any atom is -0.497 e. The van der Waals surface area contributed by atoms with Gasteiger partial charge in [0, 0.05) is 12.7 Å². The summed E-state index contributed by atoms with van der Waals surface area (Å²) in [5.74, 6) is 0.514. The highest BCUT2D eigenvalue weighted by Gasteiger charge is 2.23. The van der Waals surface area contributed by atoms with Crippen molar-refractivity contribution in [2.24, 2.45) is 0 Å². The van der Waals surface area contributed by atoms with Gasteiger partial charge in [0.25, 0.3) is 5.91 Å². The Balaban J connectivity index is 2.05. The molecule has 1 aromatic carbocycles. The molecule has 1 N–H and O–H groups in total. The Labute approximate surface area is 105 Å². The second-order valence-corrected chi connectivity index (χ2v) is 4.24. The molecule has 1 aliphatic rings. The Bertz CT molecular complexity index is 416. The third-order valence-electron chi connectivity index (χ3n) is 2.66. The molecule has 5 heteroatoms. The van der Waals surface area contributed by atoms with Gasteiger partial charge in [-0.1, -0.05) is 11.6 Å². The van der Waals surface area contributed by atoms with Crippen LogP contribution in [0.4, 0.5) is 5.69 Å². The van der Waals surface area contributed by atoms with Crippen LogP contribution in [0.2, 0.25) is 5.02 Å². The SMILES string of the molecule is COc1ccc(NC(=O)C2CCCO2)c(Cl)c1. The molecule has 1 unspecified atom stereocenters. The van der Waals surface area contributed by atoms with Crippen molar-refractivity contribution in [3.8, 4) is 5.75 Å². The number of benzene rings is 1. The van der Waals surface area contributed by atoms with Crippen LogP contribution in [0.3, 0.4) is 0 Å². The number of anilines is 1. The van der Waals surface area contributed by atoms with E-state index in [9.17, 15) is 4.79 Å². The van der Waals surface area contributed by atoms with Crippen LogP contribution < -0.4 is 10.1 Å². The Morgan fingerprint density at radius 3 is 3.00 bits per heavy atom. The summed E-state index contributed by atoms with van der Waals surface area (Å²) in [7, 11) is 1.57. The molecule has 0 bridgehead atoms. The second-order valence-electron chi connectivity index (χ2n) is 3.84. The fourth-order valence-corrected chi connectivity index (χ4v) is 1.94. The molecule has 0 saturated carbocycles. The maximum absolute atomic E-state index is 11.8. The highest BCUT2D eigenvalue weighted by molar-refractivity contribution is 6.33. The number of hydrogen-bond acceptors (Lipinski definition) is 3. The van der Waals surface area contributed by atoms with E-state index in [0.29, 0.717) is 23.1 Å². The summed E-state index contributed by atoms with van der Waals surface area (Å²) in [4.78, 5) is 11.8. The van der Waals surface area contributed by atoms with E-state index in [0.717, 1.165) is 12.8 Å². The lowest BCUT2D eigenvalue weighted by molar-refractivity contribution is -0.124. The number of carbonyl (C=O) groups is 1. The van der Waals surface area contributed by atoms with Crippen LogP contribution in [0.25, 0.3) is 0 Å². The maximum Gasteiger partial charge on any atom is 0.253 e. The molecule has 0 radical (unpaired) electrons. The minimum absolute atomic E-state index is 0.144. The third kappa shape index (κ3) is 2.90. The molecular weight excluding hydrogens is 242 g/mol. The first-order valence-electron chi connectivity index (χ1n) is 5.46. The summed E-state index contributed by atoms with van der Waals surface area (Å²) in [6, 6.07) is 5.12.